The minimum Gasteiger partial charge on any atom is -0.456 e. The van der Waals surface area contributed by atoms with Crippen LogP contribution < -0.4 is 0 Å². The molecule has 0 radical (unpaired) electrons. The molecule has 1 aliphatic heterocycles. The normalized spacial score (nSPS) is 15.5. The molecule has 0 N–H and O–H groups in total. The van der Waals surface area contributed by atoms with Crippen LogP contribution in [0.4, 0.5) is 0 Å². The molecule has 0 saturated carbocycles. The summed E-state index contributed by atoms with van der Waals surface area (Å²) in [5.41, 5.74) is -0.527. The SMILES string of the molecule is CC(C)(C)OC(=O)C1=CN=CC=CO1. The first-order valence-corrected chi connectivity index (χ1v) is 4.27. The highest BCUT2D eigenvalue weighted by Gasteiger charge is 2.20. The maximum atomic E-state index is 11.4. The van der Waals surface area contributed by atoms with Gasteiger partial charge >= 0.3 is 5.97 Å². The zero-order valence-electron chi connectivity index (χ0n) is 8.48. The van der Waals surface area contributed by atoms with Gasteiger partial charge in [0.1, 0.15) is 5.60 Å². The van der Waals surface area contributed by atoms with Crippen LogP contribution in [0.25, 0.3) is 0 Å². The second-order valence-electron chi connectivity index (χ2n) is 3.74. The van der Waals surface area contributed by atoms with Crippen LogP contribution in [0.15, 0.2) is 29.3 Å². The molecule has 0 aromatic heterocycles. The third kappa shape index (κ3) is 3.43. The molecule has 76 valence electrons. The molecule has 0 aliphatic carbocycles. The first kappa shape index (κ1) is 10.5. The Labute approximate surface area is 82.9 Å². The van der Waals surface area contributed by atoms with Gasteiger partial charge in [-0.25, -0.2) is 4.79 Å². The van der Waals surface area contributed by atoms with E-state index in [4.69, 9.17) is 9.47 Å². The van der Waals surface area contributed by atoms with E-state index in [1.807, 2.05) is 0 Å². The predicted octanol–water partition coefficient (Wildman–Crippen LogP) is 1.78. The first-order valence-electron chi connectivity index (χ1n) is 4.27. The van der Waals surface area contributed by atoms with Crippen molar-refractivity contribution < 1.29 is 14.3 Å². The van der Waals surface area contributed by atoms with E-state index in [0.717, 1.165) is 0 Å². The van der Waals surface area contributed by atoms with Crippen molar-refractivity contribution in [3.63, 3.8) is 0 Å². The van der Waals surface area contributed by atoms with Crippen LogP contribution in [-0.4, -0.2) is 17.8 Å². The average molecular weight is 195 g/mol. The zero-order valence-corrected chi connectivity index (χ0v) is 8.48. The molecule has 0 aromatic carbocycles. The Hall–Kier alpha value is -1.58. The molecule has 1 rings (SSSR count). The van der Waals surface area contributed by atoms with E-state index < -0.39 is 11.6 Å². The van der Waals surface area contributed by atoms with Crippen molar-refractivity contribution in [1.82, 2.24) is 0 Å². The lowest BCUT2D eigenvalue weighted by molar-refractivity contribution is -0.153. The van der Waals surface area contributed by atoms with Crippen LogP contribution in [0.3, 0.4) is 0 Å². The molecule has 4 nitrogen and oxygen atoms in total. The quantitative estimate of drug-likeness (QED) is 0.599. The van der Waals surface area contributed by atoms with Gasteiger partial charge in [-0.15, -0.1) is 0 Å². The monoisotopic (exact) mass is 195 g/mol. The van der Waals surface area contributed by atoms with Crippen LogP contribution in [0.5, 0.6) is 0 Å². The molecule has 0 fully saturated rings. The molecular weight excluding hydrogens is 182 g/mol. The van der Waals surface area contributed by atoms with Crippen LogP contribution >= 0.6 is 0 Å². The lowest BCUT2D eigenvalue weighted by Crippen LogP contribution is -2.25. The predicted molar refractivity (Wildman–Crippen MR) is 52.6 cm³/mol. The van der Waals surface area contributed by atoms with Gasteiger partial charge in [-0.1, -0.05) is 0 Å². The standard InChI is InChI=1S/C10H13NO3/c1-10(2,3)14-9(12)8-7-11-5-4-6-13-8/h4-7H,1-3H3. The molecule has 0 bridgehead atoms. The number of allylic oxidation sites excluding steroid dienone is 1. The van der Waals surface area contributed by atoms with Gasteiger partial charge in [0.2, 0.25) is 5.76 Å². The Kier molecular flexibility index (Phi) is 3.06. The number of nitrogens with zero attached hydrogens (tertiary/aromatic N) is 1. The first-order chi connectivity index (χ1) is 6.49. The number of hydrogen-bond acceptors (Lipinski definition) is 4. The fourth-order valence-corrected chi connectivity index (χ4v) is 0.768. The number of aliphatic imine (C=N–C) groups is 1. The van der Waals surface area contributed by atoms with Gasteiger partial charge in [0.25, 0.3) is 0 Å². The van der Waals surface area contributed by atoms with E-state index >= 15 is 0 Å². The van der Waals surface area contributed by atoms with Crippen molar-refractivity contribution >= 4 is 12.2 Å². The molecular formula is C10H13NO3. The van der Waals surface area contributed by atoms with Gasteiger partial charge in [0, 0.05) is 6.21 Å². The van der Waals surface area contributed by atoms with E-state index in [0.29, 0.717) is 0 Å². The number of esters is 1. The summed E-state index contributed by atoms with van der Waals surface area (Å²) in [5, 5.41) is 0. The molecule has 0 saturated heterocycles. The van der Waals surface area contributed by atoms with Crippen LogP contribution in [0.2, 0.25) is 0 Å². The summed E-state index contributed by atoms with van der Waals surface area (Å²) in [7, 11) is 0. The van der Waals surface area contributed by atoms with Gasteiger partial charge in [-0.05, 0) is 26.8 Å². The van der Waals surface area contributed by atoms with Crippen molar-refractivity contribution in [2.24, 2.45) is 4.99 Å². The van der Waals surface area contributed by atoms with Crippen molar-refractivity contribution in [2.45, 2.75) is 26.4 Å². The van der Waals surface area contributed by atoms with E-state index in [1.54, 1.807) is 26.8 Å². The van der Waals surface area contributed by atoms with Crippen molar-refractivity contribution in [3.8, 4) is 0 Å². The van der Waals surface area contributed by atoms with Crippen molar-refractivity contribution in [3.05, 3.63) is 24.3 Å². The number of rotatable bonds is 1. The molecule has 0 aromatic rings. The lowest BCUT2D eigenvalue weighted by atomic mass is 10.2. The Morgan fingerprint density at radius 2 is 2.21 bits per heavy atom. The van der Waals surface area contributed by atoms with Gasteiger partial charge < -0.3 is 9.47 Å². The molecule has 0 amide bonds. The summed E-state index contributed by atoms with van der Waals surface area (Å²) < 4.78 is 10.1. The van der Waals surface area contributed by atoms with E-state index in [9.17, 15) is 4.79 Å². The van der Waals surface area contributed by atoms with Gasteiger partial charge in [0.05, 0.1) is 12.5 Å². The minimum atomic E-state index is -0.527. The zero-order chi connectivity index (χ0) is 10.6. The molecule has 0 spiro atoms. The van der Waals surface area contributed by atoms with Crippen LogP contribution in [0, 0.1) is 0 Å². The summed E-state index contributed by atoms with van der Waals surface area (Å²) in [6, 6.07) is 0. The topological polar surface area (TPSA) is 47.9 Å². The second-order valence-corrected chi connectivity index (χ2v) is 3.74. The van der Waals surface area contributed by atoms with E-state index in [2.05, 4.69) is 4.99 Å². The molecule has 0 atom stereocenters. The highest BCUT2D eigenvalue weighted by atomic mass is 16.6. The molecule has 4 heteroatoms. The smallest absolute Gasteiger partial charge is 0.376 e. The maximum absolute atomic E-state index is 11.4. The van der Waals surface area contributed by atoms with E-state index in [1.165, 1.54) is 18.7 Å². The van der Waals surface area contributed by atoms with Crippen LogP contribution in [0.1, 0.15) is 20.8 Å². The summed E-state index contributed by atoms with van der Waals surface area (Å²) in [6.45, 7) is 5.38. The highest BCUT2D eigenvalue weighted by molar-refractivity contribution is 5.87. The lowest BCUT2D eigenvalue weighted by Gasteiger charge is -2.19. The van der Waals surface area contributed by atoms with Gasteiger partial charge in [-0.2, -0.15) is 0 Å². The Bertz CT molecular complexity index is 308. The van der Waals surface area contributed by atoms with E-state index in [-0.39, 0.29) is 5.76 Å². The number of ether oxygens (including phenoxy) is 2. The maximum Gasteiger partial charge on any atom is 0.376 e. The van der Waals surface area contributed by atoms with Crippen LogP contribution in [-0.2, 0) is 14.3 Å². The molecule has 0 unspecified atom stereocenters. The van der Waals surface area contributed by atoms with Gasteiger partial charge in [-0.3, -0.25) is 4.99 Å². The Morgan fingerprint density at radius 3 is 2.86 bits per heavy atom. The molecule has 1 heterocycles. The molecule has 14 heavy (non-hydrogen) atoms. The molecule has 1 aliphatic rings. The second kappa shape index (κ2) is 4.09. The third-order valence-corrected chi connectivity index (χ3v) is 1.24. The average Bonchev–Trinajstić information content (AvgIpc) is 2.27. The van der Waals surface area contributed by atoms with Gasteiger partial charge in [0.15, 0.2) is 0 Å². The fraction of sp³-hybridized carbons (Fsp3) is 0.400. The number of carbonyl (C=O) groups is 1. The largest absolute Gasteiger partial charge is 0.456 e. The van der Waals surface area contributed by atoms with Crippen molar-refractivity contribution in [1.29, 1.82) is 0 Å². The number of hydrogen-bond donors (Lipinski definition) is 0. The summed E-state index contributed by atoms with van der Waals surface area (Å²) in [5.74, 6) is -0.425. The van der Waals surface area contributed by atoms with Crippen molar-refractivity contribution in [2.75, 3.05) is 0 Å². The number of carbonyl (C=O) groups excluding carboxylic acids is 1. The Morgan fingerprint density at radius 1 is 1.50 bits per heavy atom. The third-order valence-electron chi connectivity index (χ3n) is 1.24. The summed E-state index contributed by atoms with van der Waals surface area (Å²) in [6.07, 6.45) is 5.82. The summed E-state index contributed by atoms with van der Waals surface area (Å²) in [4.78, 5) is 15.2. The fourth-order valence-electron chi connectivity index (χ4n) is 0.768. The highest BCUT2D eigenvalue weighted by Crippen LogP contribution is 2.12. The summed E-state index contributed by atoms with van der Waals surface area (Å²) >= 11 is 0. The Balaban J connectivity index is 2.66. The minimum absolute atomic E-state index is 0.0879.